The van der Waals surface area contributed by atoms with E-state index >= 15 is 0 Å². The van der Waals surface area contributed by atoms with Crippen molar-refractivity contribution < 1.29 is 10.2 Å². The Labute approximate surface area is 91.8 Å². The summed E-state index contributed by atoms with van der Waals surface area (Å²) >= 11 is 2.70. The van der Waals surface area contributed by atoms with Crippen molar-refractivity contribution in [2.45, 2.75) is 51.7 Å². The number of hydrogen-bond acceptors (Lipinski definition) is 2. The summed E-state index contributed by atoms with van der Waals surface area (Å²) in [6, 6.07) is 0. The molecule has 0 aliphatic carbocycles. The van der Waals surface area contributed by atoms with Gasteiger partial charge < -0.3 is 10.2 Å². The molecule has 0 aliphatic heterocycles. The van der Waals surface area contributed by atoms with Crippen molar-refractivity contribution in [1.29, 1.82) is 0 Å². The first-order valence-corrected chi connectivity index (χ1v) is 5.92. The molecule has 0 aliphatic rings. The molecule has 0 saturated carbocycles. The molecule has 78 valence electrons. The molecule has 0 unspecified atom stereocenters. The van der Waals surface area contributed by atoms with E-state index in [-0.39, 0.29) is 13.2 Å². The van der Waals surface area contributed by atoms with Crippen LogP contribution in [0.3, 0.4) is 0 Å². The molecular weight excluding hydrogens is 179 g/mol. The van der Waals surface area contributed by atoms with Crippen molar-refractivity contribution in [3.63, 3.8) is 0 Å². The predicted octanol–water partition coefficient (Wildman–Crippen LogP) is 0.887. The number of rotatable bonds is 4. The van der Waals surface area contributed by atoms with Crippen LogP contribution in [0.1, 0.15) is 46.5 Å². The van der Waals surface area contributed by atoms with Crippen molar-refractivity contribution in [3.05, 3.63) is 0 Å². The van der Waals surface area contributed by atoms with Crippen LogP contribution in [0.4, 0.5) is 0 Å². The summed E-state index contributed by atoms with van der Waals surface area (Å²) in [7, 11) is 0. The zero-order valence-electron chi connectivity index (χ0n) is 9.34. The van der Waals surface area contributed by atoms with Crippen LogP contribution in [0.15, 0.2) is 0 Å². The molecule has 0 aromatic carbocycles. The number of unbranched alkanes of at least 4 members (excludes halogenated alkanes) is 1. The molecule has 0 aromatic heterocycles. The maximum Gasteiger partial charge on any atom is -0.0667 e. The van der Waals surface area contributed by atoms with Gasteiger partial charge in [-0.1, -0.05) is 26.7 Å². The van der Waals surface area contributed by atoms with Gasteiger partial charge in [0.15, 0.2) is 0 Å². The molecule has 0 aromatic rings. The van der Waals surface area contributed by atoms with Crippen LogP contribution < -0.4 is 10.2 Å². The second-order valence-corrected chi connectivity index (χ2v) is 3.13. The SMILES string of the molecule is CCC[CH2][Al+2].CCC[O-].CCC[O-]. The summed E-state index contributed by atoms with van der Waals surface area (Å²) in [5.74, 6) is 0. The van der Waals surface area contributed by atoms with E-state index in [0.717, 1.165) is 12.8 Å². The van der Waals surface area contributed by atoms with E-state index in [1.807, 2.05) is 13.8 Å². The minimum absolute atomic E-state index is 0.0694. The second-order valence-electron chi connectivity index (χ2n) is 2.55. The fourth-order valence-electron chi connectivity index (χ4n) is 0.204. The first-order valence-electron chi connectivity index (χ1n) is 5.11. The summed E-state index contributed by atoms with van der Waals surface area (Å²) in [6.07, 6.45) is 4.20. The van der Waals surface area contributed by atoms with Gasteiger partial charge in [-0.3, -0.25) is 0 Å². The van der Waals surface area contributed by atoms with E-state index in [9.17, 15) is 10.2 Å². The molecule has 0 amide bonds. The summed E-state index contributed by atoms with van der Waals surface area (Å²) in [5.41, 5.74) is 0. The Hall–Kier alpha value is 0.452. The summed E-state index contributed by atoms with van der Waals surface area (Å²) in [6.45, 7) is 6.07. The number of hydrogen-bond donors (Lipinski definition) is 0. The Balaban J connectivity index is -0.000000117. The zero-order valence-corrected chi connectivity index (χ0v) is 10.5. The molecule has 0 fully saturated rings. The summed E-state index contributed by atoms with van der Waals surface area (Å²) in [4.78, 5) is 0. The van der Waals surface area contributed by atoms with Crippen molar-refractivity contribution >= 4 is 16.3 Å². The summed E-state index contributed by atoms with van der Waals surface area (Å²) < 4.78 is 0. The normalized spacial score (nSPS) is 7.92. The standard InChI is InChI=1S/C4H9.2C3H7O.Al/c1-3-4-2;2*1-2-3-4;/h1,3-4H2,2H3;2*2-3H2,1H3;/q;2*-1;+2. The third-order valence-corrected chi connectivity index (χ3v) is 1.37. The molecular formula is C10H23AlO2. The van der Waals surface area contributed by atoms with Crippen LogP contribution in [-0.2, 0) is 0 Å². The Morgan fingerprint density at radius 3 is 1.15 bits per heavy atom. The average molecular weight is 202 g/mol. The van der Waals surface area contributed by atoms with Gasteiger partial charge in [-0.25, -0.2) is 0 Å². The quantitative estimate of drug-likeness (QED) is 0.635. The molecule has 0 bridgehead atoms. The Morgan fingerprint density at radius 1 is 0.846 bits per heavy atom. The van der Waals surface area contributed by atoms with Crippen LogP contribution in [0.5, 0.6) is 0 Å². The largest absolute Gasteiger partial charge is 0.854 e. The Bertz CT molecular complexity index is 42.2. The van der Waals surface area contributed by atoms with Crippen molar-refractivity contribution in [2.75, 3.05) is 13.2 Å². The Morgan fingerprint density at radius 2 is 1.15 bits per heavy atom. The summed E-state index contributed by atoms with van der Waals surface area (Å²) in [5, 5.41) is 19.9. The average Bonchev–Trinajstić information content (AvgIpc) is 2.20. The Kier molecular flexibility index (Phi) is 43.2. The van der Waals surface area contributed by atoms with Gasteiger partial charge in [0, 0.05) is 0 Å². The van der Waals surface area contributed by atoms with E-state index in [2.05, 4.69) is 23.2 Å². The van der Waals surface area contributed by atoms with E-state index < -0.39 is 0 Å². The first-order chi connectivity index (χ1) is 6.24. The maximum absolute atomic E-state index is 9.30. The molecule has 13 heavy (non-hydrogen) atoms. The predicted molar refractivity (Wildman–Crippen MR) is 55.8 cm³/mol. The van der Waals surface area contributed by atoms with Crippen LogP contribution in [-0.4, -0.2) is 29.5 Å². The van der Waals surface area contributed by atoms with Crippen LogP contribution in [0, 0.1) is 0 Å². The van der Waals surface area contributed by atoms with Crippen molar-refractivity contribution in [1.82, 2.24) is 0 Å². The topological polar surface area (TPSA) is 46.1 Å². The molecule has 0 saturated heterocycles. The van der Waals surface area contributed by atoms with Crippen molar-refractivity contribution in [3.8, 4) is 0 Å². The van der Waals surface area contributed by atoms with Gasteiger partial charge in [0.2, 0.25) is 0 Å². The van der Waals surface area contributed by atoms with Gasteiger partial charge in [-0.05, 0) is 0 Å². The molecule has 0 rings (SSSR count). The fraction of sp³-hybridized carbons (Fsp3) is 1.00. The molecule has 0 radical (unpaired) electrons. The maximum atomic E-state index is 9.30. The van der Waals surface area contributed by atoms with Crippen molar-refractivity contribution in [2.24, 2.45) is 0 Å². The van der Waals surface area contributed by atoms with E-state index in [1.165, 1.54) is 18.1 Å². The fourth-order valence-corrected chi connectivity index (χ4v) is 0.612. The molecule has 0 atom stereocenters. The minimum atomic E-state index is 0.0694. The third-order valence-electron chi connectivity index (χ3n) is 0.966. The van der Waals surface area contributed by atoms with Crippen LogP contribution in [0.25, 0.3) is 0 Å². The molecule has 3 heteroatoms. The minimum Gasteiger partial charge on any atom is -0.854 e. The van der Waals surface area contributed by atoms with Gasteiger partial charge in [0.25, 0.3) is 0 Å². The second kappa shape index (κ2) is 29.4. The molecule has 0 heterocycles. The van der Waals surface area contributed by atoms with E-state index in [4.69, 9.17) is 0 Å². The van der Waals surface area contributed by atoms with Gasteiger partial charge in [0.05, 0.1) is 0 Å². The van der Waals surface area contributed by atoms with Crippen LogP contribution in [0.2, 0.25) is 5.28 Å². The molecule has 0 spiro atoms. The zero-order chi connectivity index (χ0) is 10.9. The van der Waals surface area contributed by atoms with E-state index in [1.54, 1.807) is 0 Å². The van der Waals surface area contributed by atoms with Gasteiger partial charge >= 0.3 is 41.3 Å². The molecule has 2 nitrogen and oxygen atoms in total. The van der Waals surface area contributed by atoms with Gasteiger partial charge in [0.1, 0.15) is 0 Å². The first kappa shape index (κ1) is 19.1. The van der Waals surface area contributed by atoms with Gasteiger partial charge in [-0.15, -0.1) is 13.2 Å². The smallest absolute Gasteiger partial charge is 0.0667 e. The molecule has 0 N–H and O–H groups in total. The third kappa shape index (κ3) is 68.6. The van der Waals surface area contributed by atoms with E-state index in [0.29, 0.717) is 0 Å². The monoisotopic (exact) mass is 202 g/mol. The van der Waals surface area contributed by atoms with Gasteiger partial charge in [-0.2, -0.15) is 0 Å². The van der Waals surface area contributed by atoms with Crippen LogP contribution >= 0.6 is 0 Å².